The molecule has 0 saturated carbocycles. The zero-order valence-electron chi connectivity index (χ0n) is 12.6. The summed E-state index contributed by atoms with van der Waals surface area (Å²) in [5.74, 6) is -0.301. The summed E-state index contributed by atoms with van der Waals surface area (Å²) in [5, 5.41) is 3.38. The highest BCUT2D eigenvalue weighted by Crippen LogP contribution is 2.25. The highest BCUT2D eigenvalue weighted by Gasteiger charge is 2.14. The van der Waals surface area contributed by atoms with Crippen molar-refractivity contribution in [3.63, 3.8) is 0 Å². The van der Waals surface area contributed by atoms with Crippen LogP contribution in [0.25, 0.3) is 10.2 Å². The van der Waals surface area contributed by atoms with Gasteiger partial charge in [-0.3, -0.25) is 5.32 Å². The van der Waals surface area contributed by atoms with E-state index in [-0.39, 0.29) is 11.8 Å². The molecule has 1 N–H and O–H groups in total. The first kappa shape index (κ1) is 15.4. The van der Waals surface area contributed by atoms with Gasteiger partial charge in [-0.05, 0) is 36.8 Å². The van der Waals surface area contributed by atoms with Gasteiger partial charge in [0.15, 0.2) is 5.13 Å². The van der Waals surface area contributed by atoms with E-state index in [1.165, 1.54) is 23.5 Å². The first-order valence-electron chi connectivity index (χ1n) is 7.31. The third-order valence-electron chi connectivity index (χ3n) is 3.44. The highest BCUT2D eigenvalue weighted by atomic mass is 32.1. The number of hydrogen-bond acceptors (Lipinski definition) is 3. The lowest BCUT2D eigenvalue weighted by Crippen LogP contribution is -2.34. The van der Waals surface area contributed by atoms with Crippen molar-refractivity contribution in [3.8, 4) is 0 Å². The number of hydrogen-bond donors (Lipinski definition) is 1. The molecule has 1 aromatic heterocycles. The van der Waals surface area contributed by atoms with Gasteiger partial charge in [0.2, 0.25) is 0 Å². The number of carbonyl (C=O) groups is 1. The molecule has 0 aliphatic rings. The Hall–Kier alpha value is -2.47. The van der Waals surface area contributed by atoms with Gasteiger partial charge in [0.25, 0.3) is 0 Å². The summed E-state index contributed by atoms with van der Waals surface area (Å²) < 4.78 is 14.3. The van der Waals surface area contributed by atoms with Crippen molar-refractivity contribution in [1.29, 1.82) is 0 Å². The quantitative estimate of drug-likeness (QED) is 0.766. The maximum atomic E-state index is 13.3. The average molecular weight is 329 g/mol. The van der Waals surface area contributed by atoms with Crippen LogP contribution in [0.4, 0.5) is 14.3 Å². The van der Waals surface area contributed by atoms with Crippen LogP contribution in [0, 0.1) is 5.82 Å². The summed E-state index contributed by atoms with van der Waals surface area (Å²) in [6, 6.07) is 13.8. The number of amides is 2. The number of anilines is 1. The van der Waals surface area contributed by atoms with Crippen molar-refractivity contribution in [2.75, 3.05) is 11.9 Å². The number of aromatic nitrogens is 1. The van der Waals surface area contributed by atoms with E-state index in [0.717, 1.165) is 15.8 Å². The second-order valence-corrected chi connectivity index (χ2v) is 6.09. The first-order chi connectivity index (χ1) is 11.2. The number of para-hydroxylation sites is 1. The summed E-state index contributed by atoms with van der Waals surface area (Å²) in [4.78, 5) is 18.4. The van der Waals surface area contributed by atoms with Gasteiger partial charge in [-0.15, -0.1) is 0 Å². The Morgan fingerprint density at radius 3 is 2.83 bits per heavy atom. The van der Waals surface area contributed by atoms with Crippen molar-refractivity contribution in [1.82, 2.24) is 9.88 Å². The Kier molecular flexibility index (Phi) is 4.52. The molecule has 118 valence electrons. The van der Waals surface area contributed by atoms with Crippen LogP contribution in [0.2, 0.25) is 0 Å². The van der Waals surface area contributed by atoms with E-state index in [9.17, 15) is 9.18 Å². The van der Waals surface area contributed by atoms with E-state index in [1.54, 1.807) is 17.0 Å². The van der Waals surface area contributed by atoms with E-state index < -0.39 is 0 Å². The number of carbonyl (C=O) groups excluding carboxylic acids is 1. The van der Waals surface area contributed by atoms with Crippen molar-refractivity contribution >= 4 is 32.7 Å². The van der Waals surface area contributed by atoms with E-state index >= 15 is 0 Å². The van der Waals surface area contributed by atoms with Gasteiger partial charge < -0.3 is 4.90 Å². The normalized spacial score (nSPS) is 10.7. The molecule has 3 aromatic rings. The average Bonchev–Trinajstić information content (AvgIpc) is 2.94. The molecule has 0 aliphatic heterocycles. The largest absolute Gasteiger partial charge is 0.323 e. The lowest BCUT2D eigenvalue weighted by atomic mass is 10.2. The SMILES string of the molecule is CCN(Cc1cccc(F)c1)C(=O)Nc1nc2ccccc2s1. The van der Waals surface area contributed by atoms with E-state index in [0.29, 0.717) is 18.2 Å². The minimum Gasteiger partial charge on any atom is -0.320 e. The summed E-state index contributed by atoms with van der Waals surface area (Å²) >= 11 is 1.43. The number of fused-ring (bicyclic) bond motifs is 1. The molecule has 4 nitrogen and oxygen atoms in total. The van der Waals surface area contributed by atoms with Crippen LogP contribution in [-0.4, -0.2) is 22.5 Å². The molecule has 1 heterocycles. The molecular weight excluding hydrogens is 313 g/mol. The fraction of sp³-hybridized carbons (Fsp3) is 0.176. The van der Waals surface area contributed by atoms with Crippen LogP contribution in [0.3, 0.4) is 0 Å². The van der Waals surface area contributed by atoms with E-state index in [2.05, 4.69) is 10.3 Å². The number of nitrogens with zero attached hydrogens (tertiary/aromatic N) is 2. The molecule has 2 amide bonds. The van der Waals surface area contributed by atoms with Gasteiger partial charge in [0, 0.05) is 13.1 Å². The van der Waals surface area contributed by atoms with Crippen LogP contribution < -0.4 is 5.32 Å². The first-order valence-corrected chi connectivity index (χ1v) is 8.13. The summed E-state index contributed by atoms with van der Waals surface area (Å²) in [5.41, 5.74) is 1.62. The molecule has 0 unspecified atom stereocenters. The van der Waals surface area contributed by atoms with Crippen LogP contribution in [0.5, 0.6) is 0 Å². The Balaban J connectivity index is 1.72. The summed E-state index contributed by atoms with van der Waals surface area (Å²) in [6.07, 6.45) is 0. The topological polar surface area (TPSA) is 45.2 Å². The smallest absolute Gasteiger partial charge is 0.320 e. The fourth-order valence-corrected chi connectivity index (χ4v) is 3.13. The molecule has 0 saturated heterocycles. The van der Waals surface area contributed by atoms with E-state index in [4.69, 9.17) is 0 Å². The Morgan fingerprint density at radius 2 is 2.09 bits per heavy atom. The van der Waals surface area contributed by atoms with Crippen LogP contribution in [-0.2, 0) is 6.54 Å². The van der Waals surface area contributed by atoms with Gasteiger partial charge >= 0.3 is 6.03 Å². The molecule has 0 radical (unpaired) electrons. The minimum absolute atomic E-state index is 0.240. The second-order valence-electron chi connectivity index (χ2n) is 5.06. The third-order valence-corrected chi connectivity index (χ3v) is 4.39. The monoisotopic (exact) mass is 329 g/mol. The molecule has 2 aromatic carbocycles. The van der Waals surface area contributed by atoms with Crippen LogP contribution >= 0.6 is 11.3 Å². The van der Waals surface area contributed by atoms with Gasteiger partial charge in [-0.2, -0.15) is 0 Å². The lowest BCUT2D eigenvalue weighted by molar-refractivity contribution is 0.212. The molecule has 0 fully saturated rings. The van der Waals surface area contributed by atoms with E-state index in [1.807, 2.05) is 31.2 Å². The predicted molar refractivity (Wildman–Crippen MR) is 91.1 cm³/mol. The number of nitrogens with one attached hydrogen (secondary N) is 1. The standard InChI is InChI=1S/C17H16FN3OS/c1-2-21(11-12-6-5-7-13(18)10-12)17(22)20-16-19-14-8-3-4-9-15(14)23-16/h3-10H,2,11H2,1H3,(H,19,20,22). The molecule has 6 heteroatoms. The number of halogens is 1. The zero-order valence-corrected chi connectivity index (χ0v) is 13.4. The van der Waals surface area contributed by atoms with Crippen molar-refractivity contribution in [2.24, 2.45) is 0 Å². The molecule has 0 atom stereocenters. The number of rotatable bonds is 4. The number of thiazole rings is 1. The molecule has 3 rings (SSSR count). The number of urea groups is 1. The lowest BCUT2D eigenvalue weighted by Gasteiger charge is -2.20. The third kappa shape index (κ3) is 3.65. The summed E-state index contributed by atoms with van der Waals surface area (Å²) in [7, 11) is 0. The Bertz CT molecular complexity index is 800. The molecule has 0 spiro atoms. The zero-order chi connectivity index (χ0) is 16.2. The Morgan fingerprint density at radius 1 is 1.26 bits per heavy atom. The van der Waals surface area contributed by atoms with Crippen LogP contribution in [0.15, 0.2) is 48.5 Å². The maximum Gasteiger partial charge on any atom is 0.323 e. The maximum absolute atomic E-state index is 13.3. The highest BCUT2D eigenvalue weighted by molar-refractivity contribution is 7.22. The minimum atomic E-state index is -0.301. The second kappa shape index (κ2) is 6.75. The molecular formula is C17H16FN3OS. The molecule has 0 bridgehead atoms. The van der Waals surface area contributed by atoms with Gasteiger partial charge in [-0.25, -0.2) is 14.2 Å². The Labute approximate surface area is 137 Å². The summed E-state index contributed by atoms with van der Waals surface area (Å²) in [6.45, 7) is 2.76. The van der Waals surface area contributed by atoms with Gasteiger partial charge in [0.1, 0.15) is 5.82 Å². The van der Waals surface area contributed by atoms with Crippen molar-refractivity contribution in [3.05, 3.63) is 59.9 Å². The fourth-order valence-electron chi connectivity index (χ4n) is 2.28. The van der Waals surface area contributed by atoms with Crippen molar-refractivity contribution in [2.45, 2.75) is 13.5 Å². The van der Waals surface area contributed by atoms with Crippen molar-refractivity contribution < 1.29 is 9.18 Å². The van der Waals surface area contributed by atoms with Gasteiger partial charge in [-0.1, -0.05) is 35.6 Å². The molecule has 0 aliphatic carbocycles. The predicted octanol–water partition coefficient (Wildman–Crippen LogP) is 4.49. The number of benzene rings is 2. The van der Waals surface area contributed by atoms with Gasteiger partial charge in [0.05, 0.1) is 10.2 Å². The molecule has 23 heavy (non-hydrogen) atoms. The van der Waals surface area contributed by atoms with Crippen LogP contribution in [0.1, 0.15) is 12.5 Å².